The van der Waals surface area contributed by atoms with Gasteiger partial charge in [-0.25, -0.2) is 4.79 Å². The molecule has 1 aromatic rings. The number of urea groups is 1. The maximum absolute atomic E-state index is 11.4. The molecule has 6 heteroatoms. The molecule has 6 nitrogen and oxygen atoms in total. The van der Waals surface area contributed by atoms with Crippen molar-refractivity contribution in [1.82, 2.24) is 10.6 Å². The van der Waals surface area contributed by atoms with Gasteiger partial charge in [0.25, 0.3) is 0 Å². The second-order valence-corrected chi connectivity index (χ2v) is 4.24. The lowest BCUT2D eigenvalue weighted by atomic mass is 10.1. The van der Waals surface area contributed by atoms with Crippen LogP contribution in [-0.2, 0) is 11.2 Å². The Hall–Kier alpha value is -2.24. The molecule has 0 aliphatic rings. The molecule has 20 heavy (non-hydrogen) atoms. The third kappa shape index (κ3) is 6.08. The van der Waals surface area contributed by atoms with E-state index in [0.29, 0.717) is 25.9 Å². The van der Waals surface area contributed by atoms with E-state index in [1.807, 2.05) is 24.3 Å². The molecule has 0 radical (unpaired) electrons. The van der Waals surface area contributed by atoms with Crippen molar-refractivity contribution in [1.29, 1.82) is 0 Å². The van der Waals surface area contributed by atoms with Crippen molar-refractivity contribution in [2.24, 2.45) is 0 Å². The van der Waals surface area contributed by atoms with Gasteiger partial charge in [-0.3, -0.25) is 4.79 Å². The number of nitrogens with one attached hydrogen (secondary N) is 2. The van der Waals surface area contributed by atoms with Gasteiger partial charge in [-0.2, -0.15) is 0 Å². The number of carbonyl (C=O) groups excluding carboxylic acids is 1. The van der Waals surface area contributed by atoms with Crippen LogP contribution in [0.1, 0.15) is 18.4 Å². The predicted molar refractivity (Wildman–Crippen MR) is 75.0 cm³/mol. The van der Waals surface area contributed by atoms with Gasteiger partial charge in [-0.15, -0.1) is 0 Å². The molecule has 2 amide bonds. The highest BCUT2D eigenvalue weighted by Gasteiger charge is 2.03. The molecular weight excluding hydrogens is 260 g/mol. The maximum Gasteiger partial charge on any atom is 0.314 e. The molecule has 0 aromatic heterocycles. The van der Waals surface area contributed by atoms with E-state index in [1.54, 1.807) is 7.11 Å². The number of carboxylic acid groups (broad SMARTS) is 1. The number of aliphatic carboxylic acids is 1. The lowest BCUT2D eigenvalue weighted by Gasteiger charge is -2.09. The Bertz CT molecular complexity index is 449. The summed E-state index contributed by atoms with van der Waals surface area (Å²) in [6, 6.07) is 7.35. The first-order valence-electron chi connectivity index (χ1n) is 6.49. The number of benzene rings is 1. The second-order valence-electron chi connectivity index (χ2n) is 4.24. The minimum absolute atomic E-state index is 0.0570. The molecule has 1 rings (SSSR count). The molecule has 0 spiro atoms. The van der Waals surface area contributed by atoms with E-state index in [-0.39, 0.29) is 12.5 Å². The van der Waals surface area contributed by atoms with Gasteiger partial charge in [0, 0.05) is 19.5 Å². The summed E-state index contributed by atoms with van der Waals surface area (Å²) in [6.45, 7) is 0.845. The highest BCUT2D eigenvalue weighted by Crippen LogP contribution is 2.17. The number of methoxy groups -OCH3 is 1. The molecule has 1 aromatic carbocycles. The van der Waals surface area contributed by atoms with E-state index in [9.17, 15) is 9.59 Å². The van der Waals surface area contributed by atoms with Crippen molar-refractivity contribution in [3.63, 3.8) is 0 Å². The first kappa shape index (κ1) is 15.8. The minimum atomic E-state index is -0.858. The zero-order valence-electron chi connectivity index (χ0n) is 11.5. The normalized spacial score (nSPS) is 9.85. The van der Waals surface area contributed by atoms with Crippen molar-refractivity contribution >= 4 is 12.0 Å². The van der Waals surface area contributed by atoms with Gasteiger partial charge in [0.1, 0.15) is 5.75 Å². The van der Waals surface area contributed by atoms with Crippen molar-refractivity contribution in [3.05, 3.63) is 29.8 Å². The first-order chi connectivity index (χ1) is 9.63. The van der Waals surface area contributed by atoms with Gasteiger partial charge in [0.2, 0.25) is 0 Å². The van der Waals surface area contributed by atoms with Gasteiger partial charge >= 0.3 is 12.0 Å². The fraction of sp³-hybridized carbons (Fsp3) is 0.429. The standard InChI is InChI=1S/C14H20N2O4/c1-20-12-6-3-2-5-11(12)8-10-16-14(19)15-9-4-7-13(17)18/h2-3,5-6H,4,7-10H2,1H3,(H,17,18)(H2,15,16,19). The maximum atomic E-state index is 11.4. The quantitative estimate of drug-likeness (QED) is 0.628. The summed E-state index contributed by atoms with van der Waals surface area (Å²) in [7, 11) is 1.61. The van der Waals surface area contributed by atoms with Crippen LogP contribution in [-0.4, -0.2) is 37.3 Å². The van der Waals surface area contributed by atoms with Crippen LogP contribution in [0, 0.1) is 0 Å². The van der Waals surface area contributed by atoms with E-state index >= 15 is 0 Å². The fourth-order valence-electron chi connectivity index (χ4n) is 1.72. The third-order valence-electron chi connectivity index (χ3n) is 2.73. The molecule has 3 N–H and O–H groups in total. The Labute approximate surface area is 118 Å². The lowest BCUT2D eigenvalue weighted by molar-refractivity contribution is -0.137. The number of carbonyl (C=O) groups is 2. The van der Waals surface area contributed by atoms with E-state index in [2.05, 4.69) is 10.6 Å². The average Bonchev–Trinajstić information content (AvgIpc) is 2.44. The Morgan fingerprint density at radius 3 is 2.60 bits per heavy atom. The highest BCUT2D eigenvalue weighted by atomic mass is 16.5. The summed E-state index contributed by atoms with van der Waals surface area (Å²) in [4.78, 5) is 21.7. The number of amides is 2. The van der Waals surface area contributed by atoms with Gasteiger partial charge < -0.3 is 20.5 Å². The van der Waals surface area contributed by atoms with Gasteiger partial charge in [-0.05, 0) is 24.5 Å². The summed E-state index contributed by atoms with van der Waals surface area (Å²) >= 11 is 0. The predicted octanol–water partition coefficient (Wildman–Crippen LogP) is 1.40. The number of ether oxygens (including phenoxy) is 1. The second kappa shape index (κ2) is 8.79. The smallest absolute Gasteiger partial charge is 0.314 e. The fourth-order valence-corrected chi connectivity index (χ4v) is 1.72. The molecule has 110 valence electrons. The molecule has 0 fully saturated rings. The molecule has 0 aliphatic heterocycles. The Morgan fingerprint density at radius 1 is 1.20 bits per heavy atom. The molecular formula is C14H20N2O4. The minimum Gasteiger partial charge on any atom is -0.496 e. The van der Waals surface area contributed by atoms with E-state index in [4.69, 9.17) is 9.84 Å². The van der Waals surface area contributed by atoms with Gasteiger partial charge in [0.05, 0.1) is 7.11 Å². The van der Waals surface area contributed by atoms with Crippen LogP contribution in [0.5, 0.6) is 5.75 Å². The van der Waals surface area contributed by atoms with Gasteiger partial charge in [-0.1, -0.05) is 18.2 Å². The van der Waals surface area contributed by atoms with E-state index < -0.39 is 5.97 Å². The Kier molecular flexibility index (Phi) is 6.95. The van der Waals surface area contributed by atoms with Crippen molar-refractivity contribution < 1.29 is 19.4 Å². The molecule has 0 saturated carbocycles. The van der Waals surface area contributed by atoms with Crippen LogP contribution in [0.3, 0.4) is 0 Å². The van der Waals surface area contributed by atoms with Crippen LogP contribution in [0.15, 0.2) is 24.3 Å². The third-order valence-corrected chi connectivity index (χ3v) is 2.73. The topological polar surface area (TPSA) is 87.7 Å². The number of carboxylic acids is 1. The van der Waals surface area contributed by atoms with Crippen LogP contribution >= 0.6 is 0 Å². The number of hydrogen-bond acceptors (Lipinski definition) is 3. The average molecular weight is 280 g/mol. The highest BCUT2D eigenvalue weighted by molar-refractivity contribution is 5.73. The number of rotatable bonds is 8. The molecule has 0 atom stereocenters. The van der Waals surface area contributed by atoms with Crippen LogP contribution < -0.4 is 15.4 Å². The number of para-hydroxylation sites is 1. The zero-order valence-corrected chi connectivity index (χ0v) is 11.5. The molecule has 0 saturated heterocycles. The first-order valence-corrected chi connectivity index (χ1v) is 6.49. The SMILES string of the molecule is COc1ccccc1CCNC(=O)NCCCC(=O)O. The van der Waals surface area contributed by atoms with E-state index in [1.165, 1.54) is 0 Å². The Morgan fingerprint density at radius 2 is 1.90 bits per heavy atom. The Balaban J connectivity index is 2.20. The molecule has 0 aliphatic carbocycles. The molecule has 0 unspecified atom stereocenters. The molecule has 0 bridgehead atoms. The molecule has 0 heterocycles. The monoisotopic (exact) mass is 280 g/mol. The summed E-state index contributed by atoms with van der Waals surface area (Å²) in [5.41, 5.74) is 1.03. The van der Waals surface area contributed by atoms with E-state index in [0.717, 1.165) is 11.3 Å². The van der Waals surface area contributed by atoms with Crippen LogP contribution in [0.4, 0.5) is 4.79 Å². The van der Waals surface area contributed by atoms with Gasteiger partial charge in [0.15, 0.2) is 0 Å². The van der Waals surface area contributed by atoms with Crippen molar-refractivity contribution in [2.45, 2.75) is 19.3 Å². The summed E-state index contributed by atoms with van der Waals surface area (Å²) < 4.78 is 5.22. The summed E-state index contributed by atoms with van der Waals surface area (Å²) in [6.07, 6.45) is 1.16. The largest absolute Gasteiger partial charge is 0.496 e. The zero-order chi connectivity index (χ0) is 14.8. The summed E-state index contributed by atoms with van der Waals surface area (Å²) in [5, 5.41) is 13.8. The van der Waals surface area contributed by atoms with Crippen molar-refractivity contribution in [3.8, 4) is 5.75 Å². The van der Waals surface area contributed by atoms with Crippen molar-refractivity contribution in [2.75, 3.05) is 20.2 Å². The summed E-state index contributed by atoms with van der Waals surface area (Å²) in [5.74, 6) is -0.0560. The number of hydrogen-bond donors (Lipinski definition) is 3. The van der Waals surface area contributed by atoms with Crippen LogP contribution in [0.25, 0.3) is 0 Å². The van der Waals surface area contributed by atoms with Crippen LogP contribution in [0.2, 0.25) is 0 Å². The lowest BCUT2D eigenvalue weighted by Crippen LogP contribution is -2.37.